The van der Waals surface area contributed by atoms with Gasteiger partial charge in [0.2, 0.25) is 0 Å². The Balaban J connectivity index is 1.34. The maximum absolute atomic E-state index is 10.1. The van der Waals surface area contributed by atoms with Crippen LogP contribution in [-0.4, -0.2) is 47.2 Å². The first-order chi connectivity index (χ1) is 12.1. The lowest BCUT2D eigenvalue weighted by atomic mass is 10.1. The van der Waals surface area contributed by atoms with E-state index in [-0.39, 0.29) is 6.10 Å². The summed E-state index contributed by atoms with van der Waals surface area (Å²) in [6.07, 6.45) is -0.523. The number of hydrogen-bond acceptors (Lipinski definition) is 5. The van der Waals surface area contributed by atoms with Crippen molar-refractivity contribution < 1.29 is 9.84 Å². The number of rotatable bonds is 8. The molecular formula is C19H28N4O2. The zero-order valence-corrected chi connectivity index (χ0v) is 15.0. The smallest absolute Gasteiger partial charge is 0.124 e. The third kappa shape index (κ3) is 5.04. The highest BCUT2D eigenvalue weighted by molar-refractivity contribution is 5.38. The molecule has 0 amide bonds. The maximum atomic E-state index is 10.1. The van der Waals surface area contributed by atoms with Gasteiger partial charge >= 0.3 is 0 Å². The van der Waals surface area contributed by atoms with E-state index in [2.05, 4.69) is 21.8 Å². The number of aromatic nitrogens is 2. The molecule has 1 aromatic heterocycles. The van der Waals surface area contributed by atoms with Crippen molar-refractivity contribution in [3.63, 3.8) is 0 Å². The van der Waals surface area contributed by atoms with Crippen LogP contribution in [0.1, 0.15) is 24.3 Å². The highest BCUT2D eigenvalue weighted by Crippen LogP contribution is 2.18. The summed E-state index contributed by atoms with van der Waals surface area (Å²) in [6.45, 7) is 7.55. The second-order valence-corrected chi connectivity index (χ2v) is 6.80. The lowest BCUT2D eigenvalue weighted by Gasteiger charge is -2.25. The summed E-state index contributed by atoms with van der Waals surface area (Å²) in [5, 5.41) is 21.3. The van der Waals surface area contributed by atoms with Crippen molar-refractivity contribution in [2.45, 2.75) is 32.6 Å². The van der Waals surface area contributed by atoms with Gasteiger partial charge in [-0.2, -0.15) is 5.10 Å². The van der Waals surface area contributed by atoms with Crippen molar-refractivity contribution in [1.29, 1.82) is 0 Å². The number of nitrogens with one attached hydrogen (secondary N) is 2. The predicted molar refractivity (Wildman–Crippen MR) is 98.6 cm³/mol. The van der Waals surface area contributed by atoms with Crippen molar-refractivity contribution in [3.05, 3.63) is 47.7 Å². The summed E-state index contributed by atoms with van der Waals surface area (Å²) in [4.78, 5) is 0. The van der Waals surface area contributed by atoms with Gasteiger partial charge in [0.15, 0.2) is 0 Å². The monoisotopic (exact) mass is 344 g/mol. The zero-order chi connectivity index (χ0) is 17.6. The first kappa shape index (κ1) is 17.9. The molecule has 1 aliphatic heterocycles. The number of aryl methyl sites for hydroxylation is 1. The van der Waals surface area contributed by atoms with Gasteiger partial charge in [-0.25, -0.2) is 4.68 Å². The lowest BCUT2D eigenvalue weighted by Crippen LogP contribution is -2.39. The van der Waals surface area contributed by atoms with Crippen LogP contribution < -0.4 is 10.6 Å². The highest BCUT2D eigenvalue weighted by Gasteiger charge is 2.19. The van der Waals surface area contributed by atoms with Crippen LogP contribution >= 0.6 is 0 Å². The molecule has 6 heteroatoms. The second kappa shape index (κ2) is 8.47. The van der Waals surface area contributed by atoms with Gasteiger partial charge in [0.05, 0.1) is 24.5 Å². The SMILES string of the molecule is Cc1cc2n(n1)CC(CNCC(O)COC(C)c1ccccc1)CN2. The molecule has 6 nitrogen and oxygen atoms in total. The molecule has 0 saturated carbocycles. The fraction of sp³-hybridized carbons (Fsp3) is 0.526. The molecule has 0 saturated heterocycles. The van der Waals surface area contributed by atoms with Crippen molar-refractivity contribution in [3.8, 4) is 0 Å². The molecule has 1 aliphatic rings. The van der Waals surface area contributed by atoms with Crippen LogP contribution in [0.3, 0.4) is 0 Å². The van der Waals surface area contributed by atoms with Gasteiger partial charge in [0.25, 0.3) is 0 Å². The van der Waals surface area contributed by atoms with E-state index in [1.54, 1.807) is 0 Å². The number of anilines is 1. The molecule has 2 heterocycles. The van der Waals surface area contributed by atoms with E-state index < -0.39 is 6.10 Å². The fourth-order valence-corrected chi connectivity index (χ4v) is 3.11. The third-order valence-corrected chi connectivity index (χ3v) is 4.53. The minimum Gasteiger partial charge on any atom is -0.389 e. The maximum Gasteiger partial charge on any atom is 0.124 e. The Kier molecular flexibility index (Phi) is 6.07. The van der Waals surface area contributed by atoms with Crippen molar-refractivity contribution in [1.82, 2.24) is 15.1 Å². The summed E-state index contributed by atoms with van der Waals surface area (Å²) in [5.74, 6) is 1.56. The number of aliphatic hydroxyl groups excluding tert-OH is 1. The van der Waals surface area contributed by atoms with E-state index in [0.29, 0.717) is 19.1 Å². The summed E-state index contributed by atoms with van der Waals surface area (Å²) in [5.41, 5.74) is 2.16. The minimum absolute atomic E-state index is 0.0140. The van der Waals surface area contributed by atoms with Crippen LogP contribution in [0.25, 0.3) is 0 Å². The third-order valence-electron chi connectivity index (χ3n) is 4.53. The topological polar surface area (TPSA) is 71.3 Å². The summed E-state index contributed by atoms with van der Waals surface area (Å²) >= 11 is 0. The van der Waals surface area contributed by atoms with Crippen molar-refractivity contribution in [2.75, 3.05) is 31.6 Å². The second-order valence-electron chi connectivity index (χ2n) is 6.80. The summed E-state index contributed by atoms with van der Waals surface area (Å²) in [6, 6.07) is 12.1. The van der Waals surface area contributed by atoms with E-state index in [1.807, 2.05) is 48.9 Å². The number of hydrogen-bond donors (Lipinski definition) is 3. The van der Waals surface area contributed by atoms with Crippen LogP contribution in [-0.2, 0) is 11.3 Å². The Morgan fingerprint density at radius 3 is 3.00 bits per heavy atom. The molecule has 3 atom stereocenters. The fourth-order valence-electron chi connectivity index (χ4n) is 3.11. The molecule has 3 unspecified atom stereocenters. The van der Waals surface area contributed by atoms with Gasteiger partial charge in [-0.3, -0.25) is 0 Å². The number of fused-ring (bicyclic) bond motifs is 1. The highest BCUT2D eigenvalue weighted by atomic mass is 16.5. The minimum atomic E-state index is -0.509. The van der Waals surface area contributed by atoms with Crippen LogP contribution in [0.15, 0.2) is 36.4 Å². The molecule has 0 aliphatic carbocycles. The normalized spacial score (nSPS) is 19.1. The molecule has 0 radical (unpaired) electrons. The number of benzene rings is 1. The van der Waals surface area contributed by atoms with Gasteiger partial charge in [0.1, 0.15) is 5.82 Å². The van der Waals surface area contributed by atoms with E-state index in [9.17, 15) is 5.11 Å². The average Bonchev–Trinajstić information content (AvgIpc) is 2.99. The molecular weight excluding hydrogens is 316 g/mol. The van der Waals surface area contributed by atoms with E-state index in [0.717, 1.165) is 36.7 Å². The first-order valence-electron chi connectivity index (χ1n) is 8.95. The molecule has 2 aromatic rings. The predicted octanol–water partition coefficient (Wildman–Crippen LogP) is 1.96. The van der Waals surface area contributed by atoms with E-state index in [1.165, 1.54) is 0 Å². The standard InChI is InChI=1S/C19H28N4O2/c1-14-8-19-21-10-16(12-23(19)22-14)9-20-11-18(24)13-25-15(2)17-6-4-3-5-7-17/h3-8,15-16,18,20-21,24H,9-13H2,1-2H3. The zero-order valence-electron chi connectivity index (χ0n) is 15.0. The Bertz CT molecular complexity index is 659. The number of ether oxygens (including phenoxy) is 1. The largest absolute Gasteiger partial charge is 0.389 e. The number of nitrogens with zero attached hydrogens (tertiary/aromatic N) is 2. The van der Waals surface area contributed by atoms with Crippen LogP contribution in [0.5, 0.6) is 0 Å². The van der Waals surface area contributed by atoms with Gasteiger partial charge in [-0.05, 0) is 19.4 Å². The Morgan fingerprint density at radius 2 is 2.20 bits per heavy atom. The molecule has 25 heavy (non-hydrogen) atoms. The molecule has 0 bridgehead atoms. The van der Waals surface area contributed by atoms with Gasteiger partial charge in [-0.15, -0.1) is 0 Å². The van der Waals surface area contributed by atoms with Crippen molar-refractivity contribution in [2.24, 2.45) is 5.92 Å². The van der Waals surface area contributed by atoms with E-state index in [4.69, 9.17) is 4.74 Å². The quantitative estimate of drug-likeness (QED) is 0.683. The Labute approximate surface area is 149 Å². The molecule has 3 rings (SSSR count). The summed E-state index contributed by atoms with van der Waals surface area (Å²) < 4.78 is 7.79. The molecule has 3 N–H and O–H groups in total. The van der Waals surface area contributed by atoms with Gasteiger partial charge in [0, 0.05) is 38.2 Å². The molecule has 0 fully saturated rings. The average molecular weight is 344 g/mol. The Morgan fingerprint density at radius 1 is 1.40 bits per heavy atom. The van der Waals surface area contributed by atoms with Crippen molar-refractivity contribution >= 4 is 5.82 Å². The molecule has 0 spiro atoms. The van der Waals surface area contributed by atoms with Crippen LogP contribution in [0, 0.1) is 12.8 Å². The molecule has 136 valence electrons. The van der Waals surface area contributed by atoms with Crippen LogP contribution in [0.4, 0.5) is 5.82 Å². The molecule has 1 aromatic carbocycles. The van der Waals surface area contributed by atoms with Crippen LogP contribution in [0.2, 0.25) is 0 Å². The van der Waals surface area contributed by atoms with E-state index >= 15 is 0 Å². The Hall–Kier alpha value is -1.89. The lowest BCUT2D eigenvalue weighted by molar-refractivity contribution is -0.00228. The summed E-state index contributed by atoms with van der Waals surface area (Å²) in [7, 11) is 0. The first-order valence-corrected chi connectivity index (χ1v) is 8.95. The van der Waals surface area contributed by atoms with Gasteiger partial charge in [-0.1, -0.05) is 30.3 Å². The number of aliphatic hydroxyl groups is 1. The van der Waals surface area contributed by atoms with Gasteiger partial charge < -0.3 is 20.5 Å².